The monoisotopic (exact) mass is 243 g/mol. The summed E-state index contributed by atoms with van der Waals surface area (Å²) in [5.41, 5.74) is 0.850. The molecule has 92 valence electrons. The second-order valence-corrected chi connectivity index (χ2v) is 3.96. The van der Waals surface area contributed by atoms with Crippen molar-refractivity contribution in [1.82, 2.24) is 4.57 Å². The first-order valence-electron chi connectivity index (χ1n) is 5.50. The van der Waals surface area contributed by atoms with Crippen LogP contribution < -0.4 is 0 Å². The smallest absolute Gasteiger partial charge is 0.166 e. The number of nitrogens with zero attached hydrogens (tertiary/aromatic N) is 1. The molecule has 0 radical (unpaired) electrons. The van der Waals surface area contributed by atoms with Crippen LogP contribution in [-0.2, 0) is 4.79 Å². The molecule has 0 aliphatic rings. The molecule has 0 spiro atoms. The number of carbonyl (C=O) groups is 2. The number of allylic oxidation sites excluding steroid dienone is 1. The maximum Gasteiger partial charge on any atom is 0.166 e. The second-order valence-electron chi connectivity index (χ2n) is 3.96. The van der Waals surface area contributed by atoms with Crippen molar-refractivity contribution >= 4 is 12.1 Å². The zero-order valence-corrected chi connectivity index (χ0v) is 10.00. The van der Waals surface area contributed by atoms with Gasteiger partial charge in [0, 0.05) is 11.8 Å². The first-order valence-corrected chi connectivity index (χ1v) is 5.50. The molecule has 0 aliphatic carbocycles. The highest BCUT2D eigenvalue weighted by Gasteiger charge is 2.24. The minimum Gasteiger partial charge on any atom is -0.467 e. The van der Waals surface area contributed by atoms with Crippen LogP contribution in [0.4, 0.5) is 0 Å². The number of carbonyl (C=O) groups excluding carboxylic acids is 2. The fraction of sp³-hybridized carbons (Fsp3) is 0.143. The molecule has 1 unspecified atom stereocenters. The average Bonchev–Trinajstić information content (AvgIpc) is 3.00. The third kappa shape index (κ3) is 2.05. The SMILES string of the molecule is C=C(C(C)=O)C(c1ccco1)n1cccc1C=O. The van der Waals surface area contributed by atoms with Crippen molar-refractivity contribution in [3.05, 3.63) is 60.3 Å². The molecule has 18 heavy (non-hydrogen) atoms. The maximum atomic E-state index is 11.5. The minimum absolute atomic E-state index is 0.137. The molecule has 0 bridgehead atoms. The van der Waals surface area contributed by atoms with E-state index in [0.29, 0.717) is 17.0 Å². The third-order valence-electron chi connectivity index (χ3n) is 2.81. The molecule has 2 rings (SSSR count). The third-order valence-corrected chi connectivity index (χ3v) is 2.81. The average molecular weight is 243 g/mol. The van der Waals surface area contributed by atoms with Crippen molar-refractivity contribution < 1.29 is 14.0 Å². The summed E-state index contributed by atoms with van der Waals surface area (Å²) in [6.07, 6.45) is 3.99. The molecule has 0 aromatic carbocycles. The van der Waals surface area contributed by atoms with Gasteiger partial charge in [-0.3, -0.25) is 9.59 Å². The molecule has 0 fully saturated rings. The van der Waals surface area contributed by atoms with E-state index < -0.39 is 6.04 Å². The van der Waals surface area contributed by atoms with Crippen LogP contribution in [0.3, 0.4) is 0 Å². The number of hydrogen-bond donors (Lipinski definition) is 0. The van der Waals surface area contributed by atoms with Crippen molar-refractivity contribution in [3.8, 4) is 0 Å². The van der Waals surface area contributed by atoms with Gasteiger partial charge in [0.25, 0.3) is 0 Å². The molecule has 0 saturated carbocycles. The molecule has 0 amide bonds. The van der Waals surface area contributed by atoms with Gasteiger partial charge in [-0.25, -0.2) is 0 Å². The van der Waals surface area contributed by atoms with Crippen LogP contribution >= 0.6 is 0 Å². The lowest BCUT2D eigenvalue weighted by molar-refractivity contribution is -0.114. The number of ketones is 1. The van der Waals surface area contributed by atoms with Crippen molar-refractivity contribution in [2.75, 3.05) is 0 Å². The van der Waals surface area contributed by atoms with Gasteiger partial charge in [0.05, 0.1) is 12.0 Å². The summed E-state index contributed by atoms with van der Waals surface area (Å²) in [7, 11) is 0. The molecule has 0 aliphatic heterocycles. The van der Waals surface area contributed by atoms with Gasteiger partial charge in [-0.05, 0) is 31.2 Å². The first-order chi connectivity index (χ1) is 8.65. The summed E-state index contributed by atoms with van der Waals surface area (Å²) in [5, 5.41) is 0. The van der Waals surface area contributed by atoms with Crippen molar-refractivity contribution in [1.29, 1.82) is 0 Å². The highest BCUT2D eigenvalue weighted by Crippen LogP contribution is 2.27. The Morgan fingerprint density at radius 3 is 2.78 bits per heavy atom. The topological polar surface area (TPSA) is 52.2 Å². The highest BCUT2D eigenvalue weighted by atomic mass is 16.3. The van der Waals surface area contributed by atoms with Gasteiger partial charge in [0.1, 0.15) is 11.8 Å². The van der Waals surface area contributed by atoms with Crippen molar-refractivity contribution in [3.63, 3.8) is 0 Å². The summed E-state index contributed by atoms with van der Waals surface area (Å²) in [4.78, 5) is 22.5. The maximum absolute atomic E-state index is 11.5. The number of aldehydes is 1. The van der Waals surface area contributed by atoms with Gasteiger partial charge < -0.3 is 8.98 Å². The Kier molecular flexibility index (Phi) is 3.28. The quantitative estimate of drug-likeness (QED) is 0.599. The molecule has 0 saturated heterocycles. The molecule has 2 aromatic heterocycles. The summed E-state index contributed by atoms with van der Waals surface area (Å²) in [6, 6.07) is 6.43. The lowest BCUT2D eigenvalue weighted by Gasteiger charge is -2.19. The van der Waals surface area contributed by atoms with Gasteiger partial charge in [0.2, 0.25) is 0 Å². The Hall–Kier alpha value is -2.36. The number of hydrogen-bond acceptors (Lipinski definition) is 3. The van der Waals surface area contributed by atoms with E-state index in [0.717, 1.165) is 6.29 Å². The summed E-state index contributed by atoms with van der Waals surface area (Å²) in [6.45, 7) is 5.24. The summed E-state index contributed by atoms with van der Waals surface area (Å²) < 4.78 is 7.02. The van der Waals surface area contributed by atoms with E-state index in [-0.39, 0.29) is 5.78 Å². The zero-order valence-electron chi connectivity index (χ0n) is 10.00. The molecule has 0 N–H and O–H groups in total. The summed E-state index contributed by atoms with van der Waals surface area (Å²) >= 11 is 0. The fourth-order valence-corrected chi connectivity index (χ4v) is 1.86. The molecule has 2 aromatic rings. The Balaban J connectivity index is 2.53. The van der Waals surface area contributed by atoms with Crippen LogP contribution in [0.2, 0.25) is 0 Å². The number of Topliss-reactive ketones (excluding diaryl/α,β-unsaturated/α-hetero) is 1. The van der Waals surface area contributed by atoms with Crippen LogP contribution in [0.1, 0.15) is 29.2 Å². The van der Waals surface area contributed by atoms with Crippen molar-refractivity contribution in [2.45, 2.75) is 13.0 Å². The van der Waals surface area contributed by atoms with Gasteiger partial charge >= 0.3 is 0 Å². The lowest BCUT2D eigenvalue weighted by Crippen LogP contribution is -2.17. The Labute approximate surface area is 105 Å². The molecular formula is C14H13NO3. The number of aromatic nitrogens is 1. The Bertz CT molecular complexity index is 578. The predicted octanol–water partition coefficient (Wildman–Crippen LogP) is 2.63. The molecule has 4 heteroatoms. The van der Waals surface area contributed by atoms with Crippen molar-refractivity contribution in [2.24, 2.45) is 0 Å². The Morgan fingerprint density at radius 2 is 2.22 bits per heavy atom. The number of furan rings is 1. The van der Waals surface area contributed by atoms with E-state index in [1.165, 1.54) is 13.2 Å². The molecule has 1 atom stereocenters. The van der Waals surface area contributed by atoms with E-state index in [1.54, 1.807) is 35.0 Å². The van der Waals surface area contributed by atoms with Crippen LogP contribution in [0, 0.1) is 0 Å². The molecule has 4 nitrogen and oxygen atoms in total. The van der Waals surface area contributed by atoms with E-state index in [4.69, 9.17) is 4.42 Å². The fourth-order valence-electron chi connectivity index (χ4n) is 1.86. The first kappa shape index (κ1) is 12.1. The van der Waals surface area contributed by atoms with Gasteiger partial charge in [-0.15, -0.1) is 0 Å². The largest absolute Gasteiger partial charge is 0.467 e. The normalized spacial score (nSPS) is 12.1. The van der Waals surface area contributed by atoms with E-state index in [1.807, 2.05) is 0 Å². The van der Waals surface area contributed by atoms with Crippen LogP contribution in [0.5, 0.6) is 0 Å². The standard InChI is InChI=1S/C14H13NO3/c1-10(11(2)17)14(13-6-4-8-18-13)15-7-3-5-12(15)9-16/h3-9,14H,1H2,2H3. The molecule has 2 heterocycles. The van der Waals surface area contributed by atoms with Crippen LogP contribution in [0.15, 0.2) is 53.3 Å². The van der Waals surface area contributed by atoms with E-state index >= 15 is 0 Å². The zero-order chi connectivity index (χ0) is 13.1. The van der Waals surface area contributed by atoms with Crippen LogP contribution in [0.25, 0.3) is 0 Å². The predicted molar refractivity (Wildman–Crippen MR) is 66.5 cm³/mol. The second kappa shape index (κ2) is 4.87. The van der Waals surface area contributed by atoms with Crippen LogP contribution in [-0.4, -0.2) is 16.6 Å². The Morgan fingerprint density at radius 1 is 1.44 bits per heavy atom. The van der Waals surface area contributed by atoms with Gasteiger partial charge in [0.15, 0.2) is 12.1 Å². The van der Waals surface area contributed by atoms with E-state index in [2.05, 4.69) is 6.58 Å². The molecular weight excluding hydrogens is 230 g/mol. The van der Waals surface area contributed by atoms with E-state index in [9.17, 15) is 9.59 Å². The summed E-state index contributed by atoms with van der Waals surface area (Å²) in [5.74, 6) is 0.441. The van der Waals surface area contributed by atoms with Gasteiger partial charge in [-0.2, -0.15) is 0 Å². The lowest BCUT2D eigenvalue weighted by atomic mass is 10.0. The highest BCUT2D eigenvalue weighted by molar-refractivity contribution is 5.94. The number of rotatable bonds is 5. The minimum atomic E-state index is -0.479. The van der Waals surface area contributed by atoms with Gasteiger partial charge in [-0.1, -0.05) is 6.58 Å².